The van der Waals surface area contributed by atoms with E-state index in [1.807, 2.05) is 48.7 Å². The van der Waals surface area contributed by atoms with Crippen LogP contribution in [0.5, 0.6) is 5.75 Å². The molecule has 8 nitrogen and oxygen atoms in total. The summed E-state index contributed by atoms with van der Waals surface area (Å²) in [6.45, 7) is 0. The van der Waals surface area contributed by atoms with E-state index in [4.69, 9.17) is 4.74 Å². The molecule has 190 valence electrons. The first-order valence-corrected chi connectivity index (χ1v) is 13.2. The summed E-state index contributed by atoms with van der Waals surface area (Å²) < 4.78 is 6.04. The number of aromatic nitrogens is 1. The standard InChI is InChI=1S/C29H23BrN4O4/c1-38-18-9-7-17(8-10-18)34-26(35)24-23(12-15-14-31-21-5-3-2-4-19(15)21)33-29(25(24)27(34)36)20-13-16(30)6-11-22(20)32-28(29)37/h2-11,13-14,23-25,31,33H,12H2,1H3,(H,32,37). The molecule has 3 aromatic carbocycles. The third-order valence-electron chi connectivity index (χ3n) is 8.12. The number of methoxy groups -OCH3 is 1. The van der Waals surface area contributed by atoms with Gasteiger partial charge >= 0.3 is 0 Å². The minimum atomic E-state index is -1.37. The Morgan fingerprint density at radius 2 is 1.79 bits per heavy atom. The average Bonchev–Trinajstić information content (AvgIpc) is 3.63. The van der Waals surface area contributed by atoms with Gasteiger partial charge < -0.3 is 15.0 Å². The van der Waals surface area contributed by atoms with E-state index in [0.29, 0.717) is 29.1 Å². The molecule has 3 N–H and O–H groups in total. The van der Waals surface area contributed by atoms with E-state index in [-0.39, 0.29) is 17.7 Å². The lowest BCUT2D eigenvalue weighted by atomic mass is 9.76. The van der Waals surface area contributed by atoms with Gasteiger partial charge in [-0.15, -0.1) is 0 Å². The molecule has 2 saturated heterocycles. The van der Waals surface area contributed by atoms with E-state index in [0.717, 1.165) is 20.9 Å². The summed E-state index contributed by atoms with van der Waals surface area (Å²) in [6.07, 6.45) is 2.41. The molecule has 4 heterocycles. The van der Waals surface area contributed by atoms with Crippen LogP contribution in [-0.2, 0) is 26.3 Å². The van der Waals surface area contributed by atoms with Crippen LogP contribution in [0.4, 0.5) is 11.4 Å². The van der Waals surface area contributed by atoms with Gasteiger partial charge in [0.25, 0.3) is 0 Å². The summed E-state index contributed by atoms with van der Waals surface area (Å²) in [4.78, 5) is 46.5. The number of carbonyl (C=O) groups is 3. The van der Waals surface area contributed by atoms with Crippen molar-refractivity contribution in [2.45, 2.75) is 18.0 Å². The zero-order valence-electron chi connectivity index (χ0n) is 20.3. The van der Waals surface area contributed by atoms with Gasteiger partial charge in [0.2, 0.25) is 17.7 Å². The monoisotopic (exact) mass is 570 g/mol. The van der Waals surface area contributed by atoms with Gasteiger partial charge in [0.1, 0.15) is 11.3 Å². The van der Waals surface area contributed by atoms with Crippen LogP contribution in [0.15, 0.2) is 77.4 Å². The number of aromatic amines is 1. The van der Waals surface area contributed by atoms with Crippen LogP contribution in [-0.4, -0.2) is 35.9 Å². The maximum atomic E-state index is 14.2. The fourth-order valence-corrected chi connectivity index (χ4v) is 6.83. The number of ether oxygens (including phenoxy) is 1. The van der Waals surface area contributed by atoms with Gasteiger partial charge in [-0.25, -0.2) is 4.90 Å². The van der Waals surface area contributed by atoms with Crippen molar-refractivity contribution in [1.29, 1.82) is 0 Å². The molecule has 4 atom stereocenters. The number of amides is 3. The van der Waals surface area contributed by atoms with Crippen LogP contribution in [0, 0.1) is 11.8 Å². The second kappa shape index (κ2) is 8.28. The molecule has 1 aromatic heterocycles. The summed E-state index contributed by atoms with van der Waals surface area (Å²) in [7, 11) is 1.56. The quantitative estimate of drug-likeness (QED) is 0.320. The van der Waals surface area contributed by atoms with Crippen LogP contribution in [0.2, 0.25) is 0 Å². The first kappa shape index (κ1) is 23.2. The number of halogens is 1. The highest BCUT2D eigenvalue weighted by atomic mass is 79.9. The molecule has 3 amide bonds. The number of para-hydroxylation sites is 1. The zero-order chi connectivity index (χ0) is 26.2. The lowest BCUT2D eigenvalue weighted by molar-refractivity contribution is -0.130. The third kappa shape index (κ3) is 3.09. The van der Waals surface area contributed by atoms with Gasteiger partial charge in [-0.3, -0.25) is 19.7 Å². The van der Waals surface area contributed by atoms with Crippen molar-refractivity contribution in [3.8, 4) is 5.75 Å². The van der Waals surface area contributed by atoms with Gasteiger partial charge in [0.15, 0.2) is 0 Å². The Hall–Kier alpha value is -3.95. The number of imide groups is 1. The smallest absolute Gasteiger partial charge is 0.250 e. The fourth-order valence-electron chi connectivity index (χ4n) is 6.47. The number of nitrogens with one attached hydrogen (secondary N) is 3. The van der Waals surface area contributed by atoms with Gasteiger partial charge in [0, 0.05) is 38.9 Å². The van der Waals surface area contributed by atoms with Crippen LogP contribution in [0.25, 0.3) is 10.9 Å². The van der Waals surface area contributed by atoms with Crippen molar-refractivity contribution in [3.05, 3.63) is 88.5 Å². The van der Waals surface area contributed by atoms with Crippen molar-refractivity contribution in [1.82, 2.24) is 10.3 Å². The fraction of sp³-hybridized carbons (Fsp3) is 0.207. The highest BCUT2D eigenvalue weighted by molar-refractivity contribution is 9.10. The third-order valence-corrected chi connectivity index (χ3v) is 8.62. The Kier molecular flexibility index (Phi) is 5.05. The van der Waals surface area contributed by atoms with Gasteiger partial charge in [0.05, 0.1) is 24.6 Å². The summed E-state index contributed by atoms with van der Waals surface area (Å²) in [5.74, 6) is -2.02. The molecule has 4 aromatic rings. The molecule has 7 rings (SSSR count). The second-order valence-corrected chi connectivity index (χ2v) is 10.9. The van der Waals surface area contributed by atoms with Gasteiger partial charge in [-0.2, -0.15) is 0 Å². The number of hydrogen-bond acceptors (Lipinski definition) is 5. The molecule has 1 spiro atoms. The summed E-state index contributed by atoms with van der Waals surface area (Å²) in [5.41, 5.74) is 2.42. The van der Waals surface area contributed by atoms with Crippen LogP contribution in [0.1, 0.15) is 11.1 Å². The van der Waals surface area contributed by atoms with Crippen LogP contribution < -0.4 is 20.3 Å². The number of fused-ring (bicyclic) bond motifs is 5. The molecular weight excluding hydrogens is 548 g/mol. The van der Waals surface area contributed by atoms with E-state index in [2.05, 4.69) is 31.5 Å². The maximum Gasteiger partial charge on any atom is 0.250 e. The topological polar surface area (TPSA) is 104 Å². The molecule has 0 saturated carbocycles. The minimum absolute atomic E-state index is 0.310. The molecule has 2 fully saturated rings. The molecule has 38 heavy (non-hydrogen) atoms. The van der Waals surface area contributed by atoms with E-state index in [1.54, 1.807) is 31.4 Å². The van der Waals surface area contributed by atoms with Crippen LogP contribution >= 0.6 is 15.9 Å². The number of carbonyl (C=O) groups excluding carboxylic acids is 3. The molecule has 0 radical (unpaired) electrons. The predicted octanol–water partition coefficient (Wildman–Crippen LogP) is 4.11. The number of nitrogens with zero attached hydrogens (tertiary/aromatic N) is 1. The number of H-pyrrole nitrogens is 1. The average molecular weight is 571 g/mol. The summed E-state index contributed by atoms with van der Waals surface area (Å²) >= 11 is 3.52. The number of rotatable bonds is 4. The van der Waals surface area contributed by atoms with Crippen molar-refractivity contribution in [3.63, 3.8) is 0 Å². The first-order valence-electron chi connectivity index (χ1n) is 12.4. The van der Waals surface area contributed by atoms with Crippen molar-refractivity contribution >= 4 is 55.9 Å². The summed E-state index contributed by atoms with van der Waals surface area (Å²) in [6, 6.07) is 19.9. The van der Waals surface area contributed by atoms with Gasteiger partial charge in [-0.1, -0.05) is 34.1 Å². The molecular formula is C29H23BrN4O4. The lowest BCUT2D eigenvalue weighted by Crippen LogP contribution is -2.53. The number of benzene rings is 3. The van der Waals surface area contributed by atoms with Crippen molar-refractivity contribution in [2.24, 2.45) is 11.8 Å². The van der Waals surface area contributed by atoms with Crippen molar-refractivity contribution < 1.29 is 19.1 Å². The lowest BCUT2D eigenvalue weighted by Gasteiger charge is -2.29. The molecule has 4 unspecified atom stereocenters. The molecule has 0 aliphatic carbocycles. The largest absolute Gasteiger partial charge is 0.497 e. The zero-order valence-corrected chi connectivity index (χ0v) is 21.9. The Morgan fingerprint density at radius 3 is 2.58 bits per heavy atom. The number of hydrogen-bond donors (Lipinski definition) is 3. The molecule has 3 aliphatic rings. The Balaban J connectivity index is 1.37. The Labute approximate surface area is 226 Å². The SMILES string of the molecule is COc1ccc(N2C(=O)C3C(Cc4c[nH]c5ccccc45)NC4(C(=O)Nc5ccc(Br)cc54)C3C2=O)cc1. The van der Waals surface area contributed by atoms with Gasteiger partial charge in [-0.05, 0) is 60.5 Å². The van der Waals surface area contributed by atoms with E-state index >= 15 is 0 Å². The predicted molar refractivity (Wildman–Crippen MR) is 146 cm³/mol. The first-order chi connectivity index (χ1) is 18.4. The normalized spacial score (nSPS) is 25.8. The summed E-state index contributed by atoms with van der Waals surface area (Å²) in [5, 5.41) is 7.53. The Bertz CT molecular complexity index is 1650. The van der Waals surface area contributed by atoms with E-state index < -0.39 is 23.4 Å². The highest BCUT2D eigenvalue weighted by Gasteiger charge is 2.70. The second-order valence-electron chi connectivity index (χ2n) is 9.98. The maximum absolute atomic E-state index is 14.2. The Morgan fingerprint density at radius 1 is 1.00 bits per heavy atom. The van der Waals surface area contributed by atoms with Crippen molar-refractivity contribution in [2.75, 3.05) is 17.3 Å². The number of anilines is 2. The minimum Gasteiger partial charge on any atom is -0.497 e. The highest BCUT2D eigenvalue weighted by Crippen LogP contribution is 2.54. The van der Waals surface area contributed by atoms with E-state index in [1.165, 1.54) is 4.90 Å². The van der Waals surface area contributed by atoms with E-state index in [9.17, 15) is 14.4 Å². The molecule has 0 bridgehead atoms. The molecule has 9 heteroatoms. The molecule has 3 aliphatic heterocycles. The van der Waals surface area contributed by atoms with Crippen LogP contribution in [0.3, 0.4) is 0 Å².